The Hall–Kier alpha value is -3.20. The van der Waals surface area contributed by atoms with E-state index in [4.69, 9.17) is 10.3 Å². The van der Waals surface area contributed by atoms with Crippen molar-refractivity contribution in [2.75, 3.05) is 5.84 Å². The second kappa shape index (κ2) is 7.43. The van der Waals surface area contributed by atoms with Gasteiger partial charge in [0.1, 0.15) is 5.82 Å². The smallest absolute Gasteiger partial charge is 0.247 e. The molecule has 2 heterocycles. The van der Waals surface area contributed by atoms with Crippen LogP contribution >= 0.6 is 11.8 Å². The van der Waals surface area contributed by atoms with E-state index in [2.05, 4.69) is 20.4 Å². The Morgan fingerprint density at radius 3 is 2.36 bits per heavy atom. The van der Waals surface area contributed by atoms with Crippen molar-refractivity contribution in [2.24, 2.45) is 0 Å². The minimum absolute atomic E-state index is 0.181. The average molecular weight is 396 g/mol. The monoisotopic (exact) mass is 396 g/mol. The lowest BCUT2D eigenvalue weighted by Gasteiger charge is -2.06. The van der Waals surface area contributed by atoms with E-state index >= 15 is 0 Å². The Morgan fingerprint density at radius 1 is 0.964 bits per heavy atom. The molecule has 0 saturated heterocycles. The lowest BCUT2D eigenvalue weighted by atomic mass is 10.1. The van der Waals surface area contributed by atoms with Crippen molar-refractivity contribution in [3.05, 3.63) is 65.8 Å². The molecule has 0 fully saturated rings. The van der Waals surface area contributed by atoms with Crippen LogP contribution in [0.2, 0.25) is 0 Å². The van der Waals surface area contributed by atoms with Crippen LogP contribution in [0.25, 0.3) is 22.8 Å². The van der Waals surface area contributed by atoms with Crippen molar-refractivity contribution in [1.82, 2.24) is 25.1 Å². The van der Waals surface area contributed by atoms with E-state index in [1.165, 1.54) is 28.6 Å². The third kappa shape index (κ3) is 3.61. The minimum atomic E-state index is -0.323. The summed E-state index contributed by atoms with van der Waals surface area (Å²) in [5, 5.41) is 16.8. The number of nitrogen functional groups attached to an aromatic ring is 1. The van der Waals surface area contributed by atoms with E-state index in [0.717, 1.165) is 11.1 Å². The number of aryl methyl sites for hydroxylation is 1. The quantitative estimate of drug-likeness (QED) is 0.402. The SMILES string of the molecule is Cc1ccc(-c2nnc(C(C)Sc3nnc(-c4ccc(F)cc4)n3N)o2)cc1. The molecule has 2 N–H and O–H groups in total. The number of aromatic nitrogens is 5. The van der Waals surface area contributed by atoms with Gasteiger partial charge in [0.05, 0.1) is 5.25 Å². The molecular formula is C19H17FN6OS. The average Bonchev–Trinajstić information content (AvgIpc) is 3.31. The van der Waals surface area contributed by atoms with Gasteiger partial charge in [-0.3, -0.25) is 0 Å². The van der Waals surface area contributed by atoms with Crippen LogP contribution in [0.5, 0.6) is 0 Å². The fourth-order valence-corrected chi connectivity index (χ4v) is 3.37. The van der Waals surface area contributed by atoms with Crippen molar-refractivity contribution in [3.8, 4) is 22.8 Å². The summed E-state index contributed by atoms with van der Waals surface area (Å²) in [6, 6.07) is 13.8. The molecular weight excluding hydrogens is 379 g/mol. The zero-order valence-electron chi connectivity index (χ0n) is 15.2. The van der Waals surface area contributed by atoms with Gasteiger partial charge in [-0.1, -0.05) is 29.5 Å². The number of nitrogens with zero attached hydrogens (tertiary/aromatic N) is 5. The standard InChI is InChI=1S/C19H17FN6OS/c1-11-3-5-14(6-4-11)18-24-23-17(27-18)12(2)28-19-25-22-16(26(19)21)13-7-9-15(20)10-8-13/h3-10,12H,21H2,1-2H3. The zero-order valence-corrected chi connectivity index (χ0v) is 16.0. The van der Waals surface area contributed by atoms with Crippen LogP contribution < -0.4 is 5.84 Å². The van der Waals surface area contributed by atoms with Crippen LogP contribution in [0, 0.1) is 12.7 Å². The molecule has 2 aromatic carbocycles. The molecule has 0 bridgehead atoms. The van der Waals surface area contributed by atoms with Gasteiger partial charge < -0.3 is 10.3 Å². The highest BCUT2D eigenvalue weighted by atomic mass is 32.2. The number of hydrogen-bond acceptors (Lipinski definition) is 7. The summed E-state index contributed by atoms with van der Waals surface area (Å²) in [7, 11) is 0. The van der Waals surface area contributed by atoms with Gasteiger partial charge in [-0.2, -0.15) is 0 Å². The zero-order chi connectivity index (χ0) is 19.7. The molecule has 0 saturated carbocycles. The van der Waals surface area contributed by atoms with Crippen molar-refractivity contribution in [2.45, 2.75) is 24.3 Å². The Morgan fingerprint density at radius 2 is 1.64 bits per heavy atom. The van der Waals surface area contributed by atoms with E-state index in [1.54, 1.807) is 12.1 Å². The van der Waals surface area contributed by atoms with Gasteiger partial charge in [0.25, 0.3) is 0 Å². The summed E-state index contributed by atoms with van der Waals surface area (Å²) in [5.41, 5.74) is 2.70. The largest absolute Gasteiger partial charge is 0.419 e. The number of nitrogens with two attached hydrogens (primary N) is 1. The number of thioether (sulfide) groups is 1. The first-order valence-corrected chi connectivity index (χ1v) is 9.43. The summed E-state index contributed by atoms with van der Waals surface area (Å²) < 4.78 is 20.3. The van der Waals surface area contributed by atoms with Gasteiger partial charge >= 0.3 is 0 Å². The highest BCUT2D eigenvalue weighted by molar-refractivity contribution is 7.99. The fourth-order valence-electron chi connectivity index (χ4n) is 2.57. The lowest BCUT2D eigenvalue weighted by molar-refractivity contribution is 0.509. The number of benzene rings is 2. The molecule has 9 heteroatoms. The normalized spacial score (nSPS) is 12.2. The lowest BCUT2D eigenvalue weighted by Crippen LogP contribution is -2.12. The van der Waals surface area contributed by atoms with Crippen molar-refractivity contribution in [3.63, 3.8) is 0 Å². The molecule has 4 rings (SSSR count). The minimum Gasteiger partial charge on any atom is -0.419 e. The van der Waals surface area contributed by atoms with Crippen LogP contribution in [0.15, 0.2) is 58.1 Å². The maximum absolute atomic E-state index is 13.1. The third-order valence-corrected chi connectivity index (χ3v) is 5.18. The summed E-state index contributed by atoms with van der Waals surface area (Å²) >= 11 is 1.35. The fraction of sp³-hybridized carbons (Fsp3) is 0.158. The van der Waals surface area contributed by atoms with Crippen LogP contribution in [-0.4, -0.2) is 25.1 Å². The van der Waals surface area contributed by atoms with Crippen LogP contribution in [0.3, 0.4) is 0 Å². The first-order valence-electron chi connectivity index (χ1n) is 8.55. The molecule has 2 aromatic heterocycles. The van der Waals surface area contributed by atoms with Gasteiger partial charge in [0.2, 0.25) is 16.9 Å². The highest BCUT2D eigenvalue weighted by Crippen LogP contribution is 2.34. The number of hydrogen-bond donors (Lipinski definition) is 1. The predicted molar refractivity (Wildman–Crippen MR) is 104 cm³/mol. The molecule has 0 amide bonds. The van der Waals surface area contributed by atoms with E-state index in [9.17, 15) is 4.39 Å². The number of rotatable bonds is 5. The molecule has 28 heavy (non-hydrogen) atoms. The molecule has 0 aliphatic heterocycles. The summed E-state index contributed by atoms with van der Waals surface area (Å²) in [5.74, 6) is 7.17. The molecule has 0 radical (unpaired) electrons. The first kappa shape index (κ1) is 18.2. The Labute approximate surface area is 164 Å². The van der Waals surface area contributed by atoms with Gasteiger partial charge in [-0.15, -0.1) is 20.4 Å². The number of halogens is 1. The second-order valence-electron chi connectivity index (χ2n) is 6.25. The first-order chi connectivity index (χ1) is 13.5. The molecule has 0 aliphatic carbocycles. The molecule has 7 nitrogen and oxygen atoms in total. The Bertz CT molecular complexity index is 1090. The summed E-state index contributed by atoms with van der Waals surface area (Å²) in [6.45, 7) is 3.94. The maximum atomic E-state index is 13.1. The van der Waals surface area contributed by atoms with E-state index in [-0.39, 0.29) is 11.1 Å². The molecule has 4 aromatic rings. The molecule has 0 aliphatic rings. The predicted octanol–water partition coefficient (Wildman–Crippen LogP) is 4.01. The Kier molecular flexibility index (Phi) is 4.82. The van der Waals surface area contributed by atoms with Gasteiger partial charge in [-0.05, 0) is 50.2 Å². The van der Waals surface area contributed by atoms with Crippen LogP contribution in [0.4, 0.5) is 4.39 Å². The van der Waals surface area contributed by atoms with Crippen LogP contribution in [-0.2, 0) is 0 Å². The highest BCUT2D eigenvalue weighted by Gasteiger charge is 2.20. The summed E-state index contributed by atoms with van der Waals surface area (Å²) in [6.07, 6.45) is 0. The van der Waals surface area contributed by atoms with Gasteiger partial charge in [0.15, 0.2) is 5.82 Å². The molecule has 1 atom stereocenters. The Balaban J connectivity index is 1.52. The van der Waals surface area contributed by atoms with Gasteiger partial charge in [-0.25, -0.2) is 9.07 Å². The van der Waals surface area contributed by atoms with E-state index in [0.29, 0.717) is 28.3 Å². The van der Waals surface area contributed by atoms with Crippen molar-refractivity contribution >= 4 is 11.8 Å². The second-order valence-corrected chi connectivity index (χ2v) is 7.56. The van der Waals surface area contributed by atoms with E-state index in [1.807, 2.05) is 38.1 Å². The molecule has 0 spiro atoms. The molecule has 142 valence electrons. The van der Waals surface area contributed by atoms with Crippen molar-refractivity contribution < 1.29 is 8.81 Å². The summed E-state index contributed by atoms with van der Waals surface area (Å²) in [4.78, 5) is 0. The van der Waals surface area contributed by atoms with Gasteiger partial charge in [0, 0.05) is 11.1 Å². The topological polar surface area (TPSA) is 95.7 Å². The third-order valence-electron chi connectivity index (χ3n) is 4.14. The molecule has 1 unspecified atom stereocenters. The maximum Gasteiger partial charge on any atom is 0.247 e. The van der Waals surface area contributed by atoms with E-state index < -0.39 is 0 Å². The van der Waals surface area contributed by atoms with Crippen molar-refractivity contribution in [1.29, 1.82) is 0 Å². The van der Waals surface area contributed by atoms with Crippen LogP contribution in [0.1, 0.15) is 23.6 Å².